The average molecular weight is 237 g/mol. The van der Waals surface area contributed by atoms with Crippen LogP contribution < -0.4 is 10.1 Å². The third kappa shape index (κ3) is 3.98. The van der Waals surface area contributed by atoms with Gasteiger partial charge in [-0.15, -0.1) is 0 Å². The number of para-hydroxylation sites is 2. The van der Waals surface area contributed by atoms with Gasteiger partial charge in [0.2, 0.25) is 0 Å². The minimum Gasteiger partial charge on any atom is -0.492 e. The van der Waals surface area contributed by atoms with Crippen LogP contribution in [0.5, 0.6) is 5.75 Å². The molecule has 0 aliphatic heterocycles. The van der Waals surface area contributed by atoms with Gasteiger partial charge in [0.1, 0.15) is 5.75 Å². The van der Waals surface area contributed by atoms with E-state index in [1.54, 1.807) is 0 Å². The number of benzene rings is 1. The van der Waals surface area contributed by atoms with Crippen molar-refractivity contribution in [3.8, 4) is 5.75 Å². The van der Waals surface area contributed by atoms with Crippen LogP contribution in [0.3, 0.4) is 0 Å². The largest absolute Gasteiger partial charge is 0.492 e. The van der Waals surface area contributed by atoms with Gasteiger partial charge in [-0.05, 0) is 19.1 Å². The van der Waals surface area contributed by atoms with Crippen LogP contribution in [0.15, 0.2) is 24.3 Å². The summed E-state index contributed by atoms with van der Waals surface area (Å²) < 4.78 is 10.1. The number of nitrogens with one attached hydrogen (secondary N) is 1. The summed E-state index contributed by atoms with van der Waals surface area (Å²) in [6, 6.07) is 7.66. The molecule has 0 radical (unpaired) electrons. The van der Waals surface area contributed by atoms with Gasteiger partial charge in [0.25, 0.3) is 0 Å². The van der Waals surface area contributed by atoms with Gasteiger partial charge in [0.05, 0.1) is 25.3 Å². The molecule has 1 N–H and O–H groups in total. The van der Waals surface area contributed by atoms with E-state index in [9.17, 15) is 4.79 Å². The molecule has 94 valence electrons. The summed E-state index contributed by atoms with van der Waals surface area (Å²) in [5.74, 6) is 0.396. The van der Waals surface area contributed by atoms with Crippen LogP contribution in [0.1, 0.15) is 13.8 Å². The predicted molar refractivity (Wildman–Crippen MR) is 67.3 cm³/mol. The second-order valence-corrected chi connectivity index (χ2v) is 3.73. The van der Waals surface area contributed by atoms with E-state index >= 15 is 0 Å². The van der Waals surface area contributed by atoms with Crippen molar-refractivity contribution in [3.63, 3.8) is 0 Å². The first-order chi connectivity index (χ1) is 8.19. The third-order valence-electron chi connectivity index (χ3n) is 2.39. The monoisotopic (exact) mass is 237 g/mol. The molecule has 1 aromatic carbocycles. The maximum absolute atomic E-state index is 11.3. The third-order valence-corrected chi connectivity index (χ3v) is 2.39. The van der Waals surface area contributed by atoms with Crippen molar-refractivity contribution in [2.75, 3.05) is 25.6 Å². The highest BCUT2D eigenvalue weighted by Crippen LogP contribution is 2.23. The predicted octanol–water partition coefficient (Wildman–Crippen LogP) is 2.31. The summed E-state index contributed by atoms with van der Waals surface area (Å²) in [7, 11) is 1.40. The minimum atomic E-state index is -0.216. The summed E-state index contributed by atoms with van der Waals surface area (Å²) in [5.41, 5.74) is 0.894. The average Bonchev–Trinajstić information content (AvgIpc) is 2.36. The first kappa shape index (κ1) is 13.4. The Balaban J connectivity index is 2.59. The van der Waals surface area contributed by atoms with Crippen molar-refractivity contribution < 1.29 is 14.3 Å². The second kappa shape index (κ2) is 6.78. The zero-order valence-corrected chi connectivity index (χ0v) is 10.5. The Kier molecular flexibility index (Phi) is 5.33. The van der Waals surface area contributed by atoms with E-state index in [1.165, 1.54) is 7.11 Å². The zero-order valence-electron chi connectivity index (χ0n) is 10.5. The van der Waals surface area contributed by atoms with E-state index in [2.05, 4.69) is 10.1 Å². The Hall–Kier alpha value is -1.71. The zero-order chi connectivity index (χ0) is 12.7. The normalized spacial score (nSPS) is 11.7. The Morgan fingerprint density at radius 3 is 2.76 bits per heavy atom. The van der Waals surface area contributed by atoms with E-state index in [-0.39, 0.29) is 11.9 Å². The topological polar surface area (TPSA) is 47.6 Å². The van der Waals surface area contributed by atoms with Gasteiger partial charge in [-0.2, -0.15) is 0 Å². The van der Waals surface area contributed by atoms with E-state index in [0.29, 0.717) is 13.2 Å². The fourth-order valence-electron chi connectivity index (χ4n) is 1.44. The molecule has 0 fully saturated rings. The lowest BCUT2D eigenvalue weighted by molar-refractivity contribution is -0.144. The second-order valence-electron chi connectivity index (χ2n) is 3.73. The number of anilines is 1. The molecule has 17 heavy (non-hydrogen) atoms. The molecule has 4 heteroatoms. The van der Waals surface area contributed by atoms with Gasteiger partial charge in [-0.1, -0.05) is 19.1 Å². The van der Waals surface area contributed by atoms with Gasteiger partial charge < -0.3 is 14.8 Å². The molecule has 1 unspecified atom stereocenters. The summed E-state index contributed by atoms with van der Waals surface area (Å²) in [6.45, 7) is 4.90. The molecule has 0 aliphatic carbocycles. The summed E-state index contributed by atoms with van der Waals surface area (Å²) in [4.78, 5) is 11.3. The number of ether oxygens (including phenoxy) is 2. The van der Waals surface area contributed by atoms with Gasteiger partial charge in [-0.3, -0.25) is 4.79 Å². The van der Waals surface area contributed by atoms with Crippen molar-refractivity contribution >= 4 is 11.7 Å². The lowest BCUT2D eigenvalue weighted by atomic mass is 10.2. The van der Waals surface area contributed by atoms with Crippen molar-refractivity contribution in [2.45, 2.75) is 13.8 Å². The highest BCUT2D eigenvalue weighted by atomic mass is 16.5. The Bertz CT molecular complexity index is 365. The lowest BCUT2D eigenvalue weighted by Gasteiger charge is -2.14. The number of methoxy groups -OCH3 is 1. The van der Waals surface area contributed by atoms with Crippen LogP contribution in [-0.4, -0.2) is 26.2 Å². The lowest BCUT2D eigenvalue weighted by Crippen LogP contribution is -2.21. The molecular formula is C13H19NO3. The van der Waals surface area contributed by atoms with Gasteiger partial charge in [-0.25, -0.2) is 0 Å². The molecular weight excluding hydrogens is 218 g/mol. The molecule has 0 aromatic heterocycles. The number of carbonyl (C=O) groups is 1. The van der Waals surface area contributed by atoms with Crippen LogP contribution in [0, 0.1) is 5.92 Å². The standard InChI is InChI=1S/C13H19NO3/c1-4-17-12-8-6-5-7-11(12)14-9-10(2)13(15)16-3/h5-8,10,14H,4,9H2,1-3H3. The molecule has 0 saturated heterocycles. The highest BCUT2D eigenvalue weighted by Gasteiger charge is 2.13. The summed E-state index contributed by atoms with van der Waals surface area (Å²) in [6.07, 6.45) is 0. The maximum Gasteiger partial charge on any atom is 0.310 e. The minimum absolute atomic E-state index is 0.185. The van der Waals surface area contributed by atoms with Crippen molar-refractivity contribution in [3.05, 3.63) is 24.3 Å². The van der Waals surface area contributed by atoms with Crippen LogP contribution in [0.25, 0.3) is 0 Å². The van der Waals surface area contributed by atoms with Crippen molar-refractivity contribution in [2.24, 2.45) is 5.92 Å². The Morgan fingerprint density at radius 1 is 1.41 bits per heavy atom. The molecule has 4 nitrogen and oxygen atoms in total. The Morgan fingerprint density at radius 2 is 2.12 bits per heavy atom. The van der Waals surface area contributed by atoms with Gasteiger partial charge in [0, 0.05) is 6.54 Å². The molecule has 0 heterocycles. The number of hydrogen-bond donors (Lipinski definition) is 1. The highest BCUT2D eigenvalue weighted by molar-refractivity contribution is 5.72. The van der Waals surface area contributed by atoms with Crippen LogP contribution in [-0.2, 0) is 9.53 Å². The van der Waals surface area contributed by atoms with Crippen LogP contribution in [0.4, 0.5) is 5.69 Å². The quantitative estimate of drug-likeness (QED) is 0.771. The summed E-state index contributed by atoms with van der Waals surface area (Å²) in [5, 5.41) is 3.19. The first-order valence-corrected chi connectivity index (χ1v) is 5.72. The van der Waals surface area contributed by atoms with Crippen molar-refractivity contribution in [1.82, 2.24) is 0 Å². The van der Waals surface area contributed by atoms with Crippen LogP contribution >= 0.6 is 0 Å². The molecule has 0 bridgehead atoms. The molecule has 0 saturated carbocycles. The number of rotatable bonds is 6. The van der Waals surface area contributed by atoms with Gasteiger partial charge in [0.15, 0.2) is 0 Å². The fourth-order valence-corrected chi connectivity index (χ4v) is 1.44. The number of carbonyl (C=O) groups excluding carboxylic acids is 1. The fraction of sp³-hybridized carbons (Fsp3) is 0.462. The molecule has 1 aromatic rings. The Labute approximate surface area is 102 Å². The molecule has 1 atom stereocenters. The number of hydrogen-bond acceptors (Lipinski definition) is 4. The molecule has 0 amide bonds. The SMILES string of the molecule is CCOc1ccccc1NCC(C)C(=O)OC. The molecule has 0 spiro atoms. The van der Waals surface area contributed by atoms with Crippen molar-refractivity contribution in [1.29, 1.82) is 0 Å². The van der Waals surface area contributed by atoms with E-state index in [0.717, 1.165) is 11.4 Å². The van der Waals surface area contributed by atoms with Crippen LogP contribution in [0.2, 0.25) is 0 Å². The van der Waals surface area contributed by atoms with E-state index in [1.807, 2.05) is 38.1 Å². The first-order valence-electron chi connectivity index (χ1n) is 5.72. The summed E-state index contributed by atoms with van der Waals surface area (Å²) >= 11 is 0. The smallest absolute Gasteiger partial charge is 0.310 e. The van der Waals surface area contributed by atoms with E-state index in [4.69, 9.17) is 4.74 Å². The maximum atomic E-state index is 11.3. The molecule has 0 aliphatic rings. The van der Waals surface area contributed by atoms with E-state index < -0.39 is 0 Å². The molecule has 1 rings (SSSR count). The number of esters is 1. The van der Waals surface area contributed by atoms with Gasteiger partial charge >= 0.3 is 5.97 Å².